The molecule has 116 valence electrons. The van der Waals surface area contributed by atoms with Crippen molar-refractivity contribution in [3.05, 3.63) is 70.0 Å². The number of fused-ring (bicyclic) bond motifs is 1. The number of rotatable bonds is 2. The highest BCUT2D eigenvalue weighted by atomic mass is 32.1. The second kappa shape index (κ2) is 6.34. The maximum atomic E-state index is 12.1. The molecule has 3 rings (SSSR count). The van der Waals surface area contributed by atoms with Gasteiger partial charge in [0.2, 0.25) is 0 Å². The van der Waals surface area contributed by atoms with Crippen LogP contribution in [0, 0.1) is 13.8 Å². The van der Waals surface area contributed by atoms with Gasteiger partial charge in [0.1, 0.15) is 0 Å². The molecule has 0 atom stereocenters. The standard InChI is InChI=1S/C19H18N2OS/c1-13-11-14(2)18-16(12-13)21(3)19(23-18)20-17(22)10-9-15-7-5-4-6-8-15/h4-12H,1-3H3. The van der Waals surface area contributed by atoms with Gasteiger partial charge in [0.05, 0.1) is 10.2 Å². The topological polar surface area (TPSA) is 34.4 Å². The van der Waals surface area contributed by atoms with E-state index in [4.69, 9.17) is 0 Å². The number of carbonyl (C=O) groups is 1. The number of aryl methyl sites for hydroxylation is 3. The summed E-state index contributed by atoms with van der Waals surface area (Å²) in [6, 6.07) is 14.0. The number of thiazole rings is 1. The quantitative estimate of drug-likeness (QED) is 0.657. The van der Waals surface area contributed by atoms with Gasteiger partial charge in [0.15, 0.2) is 4.80 Å². The third-order valence-corrected chi connectivity index (χ3v) is 4.95. The van der Waals surface area contributed by atoms with Crippen LogP contribution in [0.3, 0.4) is 0 Å². The molecule has 1 amide bonds. The van der Waals surface area contributed by atoms with Gasteiger partial charge in [-0.3, -0.25) is 4.79 Å². The zero-order valence-corrected chi connectivity index (χ0v) is 14.2. The summed E-state index contributed by atoms with van der Waals surface area (Å²) in [5, 5.41) is 0. The summed E-state index contributed by atoms with van der Waals surface area (Å²) in [7, 11) is 1.95. The highest BCUT2D eigenvalue weighted by molar-refractivity contribution is 7.16. The molecule has 0 aliphatic rings. The normalized spacial score (nSPS) is 12.4. The van der Waals surface area contributed by atoms with Crippen LogP contribution in [-0.2, 0) is 11.8 Å². The van der Waals surface area contributed by atoms with Crippen LogP contribution in [0.1, 0.15) is 16.7 Å². The van der Waals surface area contributed by atoms with E-state index in [-0.39, 0.29) is 5.91 Å². The minimum absolute atomic E-state index is 0.245. The second-order valence-corrected chi connectivity index (χ2v) is 6.55. The first-order valence-electron chi connectivity index (χ1n) is 7.43. The largest absolute Gasteiger partial charge is 0.319 e. The van der Waals surface area contributed by atoms with E-state index in [1.807, 2.05) is 41.9 Å². The van der Waals surface area contributed by atoms with Crippen molar-refractivity contribution in [2.75, 3.05) is 0 Å². The average Bonchev–Trinajstić information content (AvgIpc) is 2.84. The molecule has 2 aromatic carbocycles. The van der Waals surface area contributed by atoms with Crippen LogP contribution in [0.2, 0.25) is 0 Å². The van der Waals surface area contributed by atoms with Crippen molar-refractivity contribution < 1.29 is 4.79 Å². The summed E-state index contributed by atoms with van der Waals surface area (Å²) in [5.41, 5.74) is 4.54. The number of hydrogen-bond donors (Lipinski definition) is 0. The zero-order chi connectivity index (χ0) is 16.4. The summed E-state index contributed by atoms with van der Waals surface area (Å²) in [6.07, 6.45) is 3.30. The van der Waals surface area contributed by atoms with E-state index < -0.39 is 0 Å². The first-order valence-corrected chi connectivity index (χ1v) is 8.25. The van der Waals surface area contributed by atoms with Crippen molar-refractivity contribution in [2.24, 2.45) is 12.0 Å². The lowest BCUT2D eigenvalue weighted by Gasteiger charge is -2.00. The van der Waals surface area contributed by atoms with E-state index in [9.17, 15) is 4.79 Å². The molecular weight excluding hydrogens is 304 g/mol. The highest BCUT2D eigenvalue weighted by Crippen LogP contribution is 2.22. The third-order valence-electron chi connectivity index (χ3n) is 3.66. The third kappa shape index (κ3) is 3.32. The lowest BCUT2D eigenvalue weighted by atomic mass is 10.1. The van der Waals surface area contributed by atoms with Crippen molar-refractivity contribution in [3.8, 4) is 0 Å². The van der Waals surface area contributed by atoms with Gasteiger partial charge >= 0.3 is 0 Å². The van der Waals surface area contributed by atoms with Crippen molar-refractivity contribution >= 4 is 33.5 Å². The Labute approximate surface area is 139 Å². The highest BCUT2D eigenvalue weighted by Gasteiger charge is 2.07. The summed E-state index contributed by atoms with van der Waals surface area (Å²) in [6.45, 7) is 4.17. The monoisotopic (exact) mass is 322 g/mol. The number of amides is 1. The number of nitrogens with zero attached hydrogens (tertiary/aromatic N) is 2. The summed E-state index contributed by atoms with van der Waals surface area (Å²) < 4.78 is 3.16. The molecule has 23 heavy (non-hydrogen) atoms. The molecule has 0 saturated heterocycles. The van der Waals surface area contributed by atoms with Gasteiger partial charge in [0.25, 0.3) is 5.91 Å². The van der Waals surface area contributed by atoms with Crippen LogP contribution in [0.5, 0.6) is 0 Å². The lowest BCUT2D eigenvalue weighted by Crippen LogP contribution is -2.12. The van der Waals surface area contributed by atoms with Crippen molar-refractivity contribution in [3.63, 3.8) is 0 Å². The summed E-state index contributed by atoms with van der Waals surface area (Å²) in [4.78, 5) is 17.1. The number of aromatic nitrogens is 1. The van der Waals surface area contributed by atoms with E-state index >= 15 is 0 Å². The molecule has 4 heteroatoms. The molecule has 0 N–H and O–H groups in total. The molecule has 0 saturated carbocycles. The van der Waals surface area contributed by atoms with Crippen LogP contribution in [-0.4, -0.2) is 10.5 Å². The van der Waals surface area contributed by atoms with Crippen LogP contribution in [0.15, 0.2) is 53.5 Å². The fourth-order valence-electron chi connectivity index (χ4n) is 2.54. The Morgan fingerprint density at radius 1 is 1.17 bits per heavy atom. The van der Waals surface area contributed by atoms with E-state index in [0.717, 1.165) is 15.9 Å². The lowest BCUT2D eigenvalue weighted by molar-refractivity contribution is -0.113. The fraction of sp³-hybridized carbons (Fsp3) is 0.158. The van der Waals surface area contributed by atoms with Gasteiger partial charge in [0, 0.05) is 13.1 Å². The van der Waals surface area contributed by atoms with Gasteiger partial charge in [-0.1, -0.05) is 47.7 Å². The Bertz CT molecular complexity index is 962. The molecule has 0 unspecified atom stereocenters. The molecule has 0 spiro atoms. The predicted molar refractivity (Wildman–Crippen MR) is 96.3 cm³/mol. The fourth-order valence-corrected chi connectivity index (χ4v) is 3.61. The number of benzene rings is 2. The SMILES string of the molecule is Cc1cc(C)c2sc(=NC(=O)C=Cc3ccccc3)n(C)c2c1. The average molecular weight is 322 g/mol. The van der Waals surface area contributed by atoms with Crippen LogP contribution < -0.4 is 4.80 Å². The first kappa shape index (κ1) is 15.4. The Kier molecular flexibility index (Phi) is 4.26. The zero-order valence-electron chi connectivity index (χ0n) is 13.4. The van der Waals surface area contributed by atoms with E-state index in [1.54, 1.807) is 17.4 Å². The van der Waals surface area contributed by atoms with Crippen molar-refractivity contribution in [2.45, 2.75) is 13.8 Å². The first-order chi connectivity index (χ1) is 11.0. The molecular formula is C19H18N2OS. The van der Waals surface area contributed by atoms with Crippen LogP contribution >= 0.6 is 11.3 Å². The summed E-state index contributed by atoms with van der Waals surface area (Å²) in [5.74, 6) is -0.245. The number of hydrogen-bond acceptors (Lipinski definition) is 2. The number of carbonyl (C=O) groups excluding carboxylic acids is 1. The molecule has 0 fully saturated rings. The predicted octanol–water partition coefficient (Wildman–Crippen LogP) is 4.00. The van der Waals surface area contributed by atoms with E-state index in [0.29, 0.717) is 0 Å². The van der Waals surface area contributed by atoms with Gasteiger partial charge < -0.3 is 4.57 Å². The summed E-state index contributed by atoms with van der Waals surface area (Å²) >= 11 is 1.55. The maximum absolute atomic E-state index is 12.1. The van der Waals surface area contributed by atoms with Crippen molar-refractivity contribution in [1.82, 2.24) is 4.57 Å². The van der Waals surface area contributed by atoms with Crippen LogP contribution in [0.25, 0.3) is 16.3 Å². The Morgan fingerprint density at radius 3 is 2.65 bits per heavy atom. The van der Waals surface area contributed by atoms with E-state index in [1.165, 1.54) is 21.9 Å². The molecule has 0 radical (unpaired) electrons. The smallest absolute Gasteiger partial charge is 0.272 e. The molecule has 0 aliphatic carbocycles. The minimum Gasteiger partial charge on any atom is -0.319 e. The van der Waals surface area contributed by atoms with Crippen LogP contribution in [0.4, 0.5) is 0 Å². The molecule has 1 aromatic heterocycles. The molecule has 1 heterocycles. The maximum Gasteiger partial charge on any atom is 0.272 e. The molecule has 3 aromatic rings. The molecule has 0 aliphatic heterocycles. The Balaban J connectivity index is 1.98. The van der Waals surface area contributed by atoms with E-state index in [2.05, 4.69) is 31.0 Å². The van der Waals surface area contributed by atoms with Gasteiger partial charge in [-0.15, -0.1) is 0 Å². The van der Waals surface area contributed by atoms with Crippen molar-refractivity contribution in [1.29, 1.82) is 0 Å². The molecule has 3 nitrogen and oxygen atoms in total. The van der Waals surface area contributed by atoms with Gasteiger partial charge in [-0.2, -0.15) is 4.99 Å². The van der Waals surface area contributed by atoms with Gasteiger partial charge in [-0.25, -0.2) is 0 Å². The second-order valence-electron chi connectivity index (χ2n) is 5.57. The Hall–Kier alpha value is -2.46. The van der Waals surface area contributed by atoms with Gasteiger partial charge in [-0.05, 0) is 42.7 Å². The Morgan fingerprint density at radius 2 is 1.91 bits per heavy atom. The minimum atomic E-state index is -0.245. The molecule has 0 bridgehead atoms.